The van der Waals surface area contributed by atoms with Gasteiger partial charge in [-0.3, -0.25) is 4.90 Å². The summed E-state index contributed by atoms with van der Waals surface area (Å²) in [5.41, 5.74) is 2.58. The molecule has 0 saturated heterocycles. The Bertz CT molecular complexity index is 659. The Kier molecular flexibility index (Phi) is 3.97. The summed E-state index contributed by atoms with van der Waals surface area (Å²) in [6.07, 6.45) is 0.900. The van der Waals surface area contributed by atoms with Crippen molar-refractivity contribution in [2.24, 2.45) is 0 Å². The van der Waals surface area contributed by atoms with Gasteiger partial charge in [0.25, 0.3) is 0 Å². The number of halogens is 1. The molecule has 0 fully saturated rings. The molecule has 0 spiro atoms. The van der Waals surface area contributed by atoms with Gasteiger partial charge in [0.1, 0.15) is 0 Å². The molecule has 0 aliphatic carbocycles. The van der Waals surface area contributed by atoms with Gasteiger partial charge in [0.2, 0.25) is 0 Å². The van der Waals surface area contributed by atoms with Crippen LogP contribution >= 0.6 is 11.6 Å². The van der Waals surface area contributed by atoms with E-state index in [-0.39, 0.29) is 6.03 Å². The van der Waals surface area contributed by atoms with Gasteiger partial charge in [-0.25, -0.2) is 4.79 Å². The smallest absolute Gasteiger partial charge is 0.326 e. The number of fused-ring (bicyclic) bond motifs is 1. The standard InChI is InChI=1S/C16H16ClN3O/c17-12-5-3-6-13(11-12)19-16(21)20-10-4-9-18-14-7-1-2-8-15(14)20/h1-3,5-8,11,18H,4,9-10H2,(H,19,21). The Hall–Kier alpha value is -2.20. The first-order valence-corrected chi connectivity index (χ1v) is 7.29. The monoisotopic (exact) mass is 301 g/mol. The zero-order valence-electron chi connectivity index (χ0n) is 11.5. The molecule has 1 heterocycles. The minimum atomic E-state index is -0.145. The molecule has 4 nitrogen and oxygen atoms in total. The summed E-state index contributed by atoms with van der Waals surface area (Å²) < 4.78 is 0. The van der Waals surface area contributed by atoms with E-state index < -0.39 is 0 Å². The lowest BCUT2D eigenvalue weighted by atomic mass is 10.2. The predicted octanol–water partition coefficient (Wildman–Crippen LogP) is 4.19. The third kappa shape index (κ3) is 3.11. The van der Waals surface area contributed by atoms with Crippen LogP contribution in [0.5, 0.6) is 0 Å². The Balaban J connectivity index is 1.84. The Morgan fingerprint density at radius 2 is 2.05 bits per heavy atom. The van der Waals surface area contributed by atoms with E-state index in [1.54, 1.807) is 17.0 Å². The fourth-order valence-electron chi connectivity index (χ4n) is 2.41. The Morgan fingerprint density at radius 3 is 2.90 bits per heavy atom. The molecule has 0 atom stereocenters. The molecule has 1 aliphatic heterocycles. The van der Waals surface area contributed by atoms with Crippen LogP contribution in [0.3, 0.4) is 0 Å². The zero-order valence-corrected chi connectivity index (χ0v) is 12.2. The van der Waals surface area contributed by atoms with Gasteiger partial charge < -0.3 is 10.6 Å². The van der Waals surface area contributed by atoms with Crippen molar-refractivity contribution in [1.82, 2.24) is 0 Å². The minimum absolute atomic E-state index is 0.145. The quantitative estimate of drug-likeness (QED) is 0.829. The van der Waals surface area contributed by atoms with Crippen LogP contribution in [0.25, 0.3) is 0 Å². The number of anilines is 3. The molecular formula is C16H16ClN3O. The first-order chi connectivity index (χ1) is 10.2. The summed E-state index contributed by atoms with van der Waals surface area (Å²) in [5, 5.41) is 6.84. The molecule has 3 rings (SSSR count). The second-order valence-electron chi connectivity index (χ2n) is 4.89. The summed E-state index contributed by atoms with van der Waals surface area (Å²) >= 11 is 5.95. The number of carbonyl (C=O) groups is 1. The van der Waals surface area contributed by atoms with E-state index >= 15 is 0 Å². The van der Waals surface area contributed by atoms with Crippen LogP contribution in [0.4, 0.5) is 21.9 Å². The summed E-state index contributed by atoms with van der Waals surface area (Å²) in [5.74, 6) is 0. The van der Waals surface area contributed by atoms with Crippen LogP contribution in [0.1, 0.15) is 6.42 Å². The van der Waals surface area contributed by atoms with Crippen LogP contribution in [-0.4, -0.2) is 19.1 Å². The number of carbonyl (C=O) groups excluding carboxylic acids is 1. The van der Waals surface area contributed by atoms with Gasteiger partial charge in [-0.05, 0) is 36.8 Å². The van der Waals surface area contributed by atoms with Gasteiger partial charge in [0, 0.05) is 23.8 Å². The van der Waals surface area contributed by atoms with Gasteiger partial charge in [-0.15, -0.1) is 0 Å². The van der Waals surface area contributed by atoms with Crippen molar-refractivity contribution in [3.8, 4) is 0 Å². The van der Waals surface area contributed by atoms with E-state index in [4.69, 9.17) is 11.6 Å². The Morgan fingerprint density at radius 1 is 1.19 bits per heavy atom. The summed E-state index contributed by atoms with van der Waals surface area (Å²) in [6.45, 7) is 1.54. The van der Waals surface area contributed by atoms with E-state index in [0.717, 1.165) is 24.3 Å². The normalized spacial score (nSPS) is 13.9. The van der Waals surface area contributed by atoms with Crippen molar-refractivity contribution in [2.75, 3.05) is 28.6 Å². The molecule has 0 saturated carbocycles. The molecule has 0 radical (unpaired) electrons. The lowest BCUT2D eigenvalue weighted by molar-refractivity contribution is 0.257. The van der Waals surface area contributed by atoms with E-state index in [1.807, 2.05) is 36.4 Å². The van der Waals surface area contributed by atoms with E-state index in [2.05, 4.69) is 10.6 Å². The molecular weight excluding hydrogens is 286 g/mol. The van der Waals surface area contributed by atoms with Gasteiger partial charge in [0.15, 0.2) is 0 Å². The number of nitrogens with one attached hydrogen (secondary N) is 2. The number of urea groups is 1. The highest BCUT2D eigenvalue weighted by Crippen LogP contribution is 2.28. The van der Waals surface area contributed by atoms with Crippen LogP contribution in [0.15, 0.2) is 48.5 Å². The number of hydrogen-bond donors (Lipinski definition) is 2. The third-order valence-electron chi connectivity index (χ3n) is 3.39. The highest BCUT2D eigenvalue weighted by Gasteiger charge is 2.20. The van der Waals surface area contributed by atoms with Gasteiger partial charge >= 0.3 is 6.03 Å². The molecule has 21 heavy (non-hydrogen) atoms. The molecule has 2 aromatic carbocycles. The number of hydrogen-bond acceptors (Lipinski definition) is 2. The van der Waals surface area contributed by atoms with Crippen LogP contribution in [-0.2, 0) is 0 Å². The van der Waals surface area contributed by atoms with E-state index in [1.165, 1.54) is 0 Å². The van der Waals surface area contributed by atoms with Crippen LogP contribution in [0.2, 0.25) is 5.02 Å². The maximum absolute atomic E-state index is 12.5. The average molecular weight is 302 g/mol. The van der Waals surface area contributed by atoms with Crippen LogP contribution < -0.4 is 15.5 Å². The van der Waals surface area contributed by atoms with Gasteiger partial charge in [-0.2, -0.15) is 0 Å². The maximum atomic E-state index is 12.5. The molecule has 0 aromatic heterocycles. The molecule has 2 aromatic rings. The topological polar surface area (TPSA) is 44.4 Å². The first kappa shape index (κ1) is 13.8. The second kappa shape index (κ2) is 6.06. The molecule has 2 N–H and O–H groups in total. The Labute approximate surface area is 128 Å². The maximum Gasteiger partial charge on any atom is 0.326 e. The van der Waals surface area contributed by atoms with E-state index in [9.17, 15) is 4.79 Å². The fraction of sp³-hybridized carbons (Fsp3) is 0.188. The molecule has 2 amide bonds. The predicted molar refractivity (Wildman–Crippen MR) is 87.4 cm³/mol. The summed E-state index contributed by atoms with van der Waals surface area (Å²) in [6, 6.07) is 14.8. The van der Waals surface area contributed by atoms with Crippen molar-refractivity contribution < 1.29 is 4.79 Å². The molecule has 1 aliphatic rings. The second-order valence-corrected chi connectivity index (χ2v) is 5.33. The lowest BCUT2D eigenvalue weighted by Crippen LogP contribution is -2.35. The highest BCUT2D eigenvalue weighted by atomic mass is 35.5. The number of benzene rings is 2. The minimum Gasteiger partial charge on any atom is -0.383 e. The van der Waals surface area contributed by atoms with Crippen molar-refractivity contribution in [1.29, 1.82) is 0 Å². The van der Waals surface area contributed by atoms with Crippen LogP contribution in [0, 0.1) is 0 Å². The average Bonchev–Trinajstić information content (AvgIpc) is 2.69. The third-order valence-corrected chi connectivity index (χ3v) is 3.62. The summed E-state index contributed by atoms with van der Waals surface area (Å²) in [7, 11) is 0. The number of amides is 2. The number of para-hydroxylation sites is 2. The van der Waals surface area contributed by atoms with Crippen molar-refractivity contribution >= 4 is 34.7 Å². The van der Waals surface area contributed by atoms with E-state index in [0.29, 0.717) is 17.3 Å². The molecule has 108 valence electrons. The number of nitrogens with zero attached hydrogens (tertiary/aromatic N) is 1. The van der Waals surface area contributed by atoms with Gasteiger partial charge in [0.05, 0.1) is 11.4 Å². The van der Waals surface area contributed by atoms with Crippen molar-refractivity contribution in [3.63, 3.8) is 0 Å². The fourth-order valence-corrected chi connectivity index (χ4v) is 2.60. The van der Waals surface area contributed by atoms with Gasteiger partial charge in [-0.1, -0.05) is 29.8 Å². The first-order valence-electron chi connectivity index (χ1n) is 6.91. The zero-order chi connectivity index (χ0) is 14.7. The highest BCUT2D eigenvalue weighted by molar-refractivity contribution is 6.30. The lowest BCUT2D eigenvalue weighted by Gasteiger charge is -2.22. The number of rotatable bonds is 1. The van der Waals surface area contributed by atoms with Crippen molar-refractivity contribution in [2.45, 2.75) is 6.42 Å². The molecule has 0 bridgehead atoms. The molecule has 0 unspecified atom stereocenters. The van der Waals surface area contributed by atoms with Crippen molar-refractivity contribution in [3.05, 3.63) is 53.6 Å². The summed E-state index contributed by atoms with van der Waals surface area (Å²) in [4.78, 5) is 14.3. The molecule has 5 heteroatoms. The largest absolute Gasteiger partial charge is 0.383 e. The SMILES string of the molecule is O=C(Nc1cccc(Cl)c1)N1CCCNc2ccccc21.